The molecule has 9 nitrogen and oxygen atoms in total. The van der Waals surface area contributed by atoms with Crippen molar-refractivity contribution in [2.75, 3.05) is 31.2 Å². The van der Waals surface area contributed by atoms with Crippen LogP contribution in [0.1, 0.15) is 16.7 Å². The van der Waals surface area contributed by atoms with Gasteiger partial charge in [0.15, 0.2) is 17.1 Å². The molecule has 0 spiro atoms. The molecule has 0 amide bonds. The molecule has 42 heavy (non-hydrogen) atoms. The zero-order valence-electron chi connectivity index (χ0n) is 21.2. The molecule has 1 fully saturated rings. The summed E-state index contributed by atoms with van der Waals surface area (Å²) in [7, 11) is 0. The number of halogens is 7. The fourth-order valence-electron chi connectivity index (χ4n) is 4.75. The molecule has 4 heterocycles. The van der Waals surface area contributed by atoms with Crippen LogP contribution in [0.3, 0.4) is 0 Å². The van der Waals surface area contributed by atoms with Crippen LogP contribution in [0.4, 0.5) is 32.2 Å². The number of anilines is 1. The number of fused-ring (bicyclic) bond motifs is 1. The third kappa shape index (κ3) is 5.25. The number of hydrogen-bond acceptors (Lipinski definition) is 8. The van der Waals surface area contributed by atoms with Gasteiger partial charge in [0.05, 0.1) is 47.5 Å². The summed E-state index contributed by atoms with van der Waals surface area (Å²) in [6.07, 6.45) is -8.64. The summed E-state index contributed by atoms with van der Waals surface area (Å²) in [4.78, 5) is 1.82. The average Bonchev–Trinajstić information content (AvgIpc) is 3.57. The Hall–Kier alpha value is -4.24. The van der Waals surface area contributed by atoms with Crippen LogP contribution in [0, 0.1) is 0 Å². The van der Waals surface area contributed by atoms with Gasteiger partial charge in [-0.2, -0.15) is 31.4 Å². The van der Waals surface area contributed by atoms with Gasteiger partial charge in [0.1, 0.15) is 11.4 Å². The van der Waals surface area contributed by atoms with E-state index < -0.39 is 30.0 Å². The van der Waals surface area contributed by atoms with Crippen molar-refractivity contribution in [2.24, 2.45) is 0 Å². The second kappa shape index (κ2) is 10.5. The van der Waals surface area contributed by atoms with Crippen molar-refractivity contribution in [3.8, 4) is 22.6 Å². The van der Waals surface area contributed by atoms with Crippen LogP contribution in [0.5, 0.6) is 0 Å². The summed E-state index contributed by atoms with van der Waals surface area (Å²) < 4.78 is 93.4. The monoisotopic (exact) mass is 609 g/mol. The molecule has 5 aromatic rings. The molecule has 3 aromatic heterocycles. The number of alkyl halides is 6. The third-order valence-electron chi connectivity index (χ3n) is 6.64. The Balaban J connectivity index is 1.52. The summed E-state index contributed by atoms with van der Waals surface area (Å²) in [6, 6.07) is 8.31. The minimum Gasteiger partial charge on any atom is -0.378 e. The van der Waals surface area contributed by atoms with E-state index in [-0.39, 0.29) is 28.6 Å². The standard InChI is InChI=1S/C26H18ClF6N7O2/c27-18-4-2-1-3-17(18)21-20-19(42-37-21)12-34-35-22(20)23-24(39-5-7-41-8-6-39)40(38-36-23)13-14-9-15(25(28,29)30)11-16(10-14)26(31,32)33/h1-4,9-12H,5-8,13H2. The molecule has 0 atom stereocenters. The zero-order valence-corrected chi connectivity index (χ0v) is 22.0. The second-order valence-corrected chi connectivity index (χ2v) is 9.78. The fourth-order valence-corrected chi connectivity index (χ4v) is 4.98. The number of aromatic nitrogens is 6. The summed E-state index contributed by atoms with van der Waals surface area (Å²) in [5.41, 5.74) is -1.62. The topological polar surface area (TPSA) is 95.0 Å². The van der Waals surface area contributed by atoms with Gasteiger partial charge < -0.3 is 14.2 Å². The molecular weight excluding hydrogens is 592 g/mol. The smallest absolute Gasteiger partial charge is 0.378 e. The van der Waals surface area contributed by atoms with Gasteiger partial charge in [0, 0.05) is 18.7 Å². The zero-order chi connectivity index (χ0) is 29.6. The Kier molecular flexibility index (Phi) is 7.01. The highest BCUT2D eigenvalue weighted by Crippen LogP contribution is 2.40. The molecule has 0 N–H and O–H groups in total. The van der Waals surface area contributed by atoms with Crippen molar-refractivity contribution in [1.29, 1.82) is 0 Å². The first-order valence-electron chi connectivity index (χ1n) is 12.4. The summed E-state index contributed by atoms with van der Waals surface area (Å²) in [5, 5.41) is 21.6. The fraction of sp³-hybridized carbons (Fsp3) is 0.269. The summed E-state index contributed by atoms with van der Waals surface area (Å²) >= 11 is 6.42. The van der Waals surface area contributed by atoms with E-state index in [0.29, 0.717) is 65.9 Å². The molecule has 1 saturated heterocycles. The molecule has 218 valence electrons. The maximum absolute atomic E-state index is 13.5. The number of ether oxygens (including phenoxy) is 1. The van der Waals surface area contributed by atoms with Gasteiger partial charge in [0.25, 0.3) is 0 Å². The number of benzene rings is 2. The largest absolute Gasteiger partial charge is 0.416 e. The van der Waals surface area contributed by atoms with Gasteiger partial charge in [-0.25, -0.2) is 4.68 Å². The first-order chi connectivity index (χ1) is 20.0. The van der Waals surface area contributed by atoms with Crippen molar-refractivity contribution >= 4 is 28.4 Å². The quantitative estimate of drug-likeness (QED) is 0.220. The van der Waals surface area contributed by atoms with Crippen LogP contribution < -0.4 is 4.90 Å². The van der Waals surface area contributed by atoms with E-state index in [4.69, 9.17) is 20.9 Å². The molecule has 1 aliphatic heterocycles. The molecule has 1 aliphatic rings. The van der Waals surface area contributed by atoms with E-state index in [1.165, 1.54) is 10.9 Å². The van der Waals surface area contributed by atoms with Crippen LogP contribution >= 0.6 is 11.6 Å². The van der Waals surface area contributed by atoms with Crippen LogP contribution in [-0.4, -0.2) is 56.7 Å². The maximum Gasteiger partial charge on any atom is 0.416 e. The highest BCUT2D eigenvalue weighted by molar-refractivity contribution is 6.33. The number of nitrogens with zero attached hydrogens (tertiary/aromatic N) is 7. The van der Waals surface area contributed by atoms with E-state index in [2.05, 4.69) is 25.7 Å². The number of rotatable bonds is 5. The molecule has 0 radical (unpaired) electrons. The first-order valence-corrected chi connectivity index (χ1v) is 12.8. The normalized spacial score (nSPS) is 14.6. The van der Waals surface area contributed by atoms with Gasteiger partial charge in [-0.3, -0.25) is 0 Å². The average molecular weight is 610 g/mol. The van der Waals surface area contributed by atoms with Crippen molar-refractivity contribution in [3.63, 3.8) is 0 Å². The SMILES string of the molecule is FC(F)(F)c1cc(Cn2nnc(-c3nncc4onc(-c5ccccc5Cl)c34)c2N2CCOCC2)cc(C(F)(F)F)c1. The van der Waals surface area contributed by atoms with Gasteiger partial charge in [-0.05, 0) is 29.8 Å². The van der Waals surface area contributed by atoms with Crippen LogP contribution in [0.25, 0.3) is 33.6 Å². The van der Waals surface area contributed by atoms with Crippen molar-refractivity contribution in [3.05, 3.63) is 70.4 Å². The predicted molar refractivity (Wildman–Crippen MR) is 138 cm³/mol. The molecule has 0 bridgehead atoms. The second-order valence-electron chi connectivity index (χ2n) is 9.38. The highest BCUT2D eigenvalue weighted by Gasteiger charge is 2.37. The summed E-state index contributed by atoms with van der Waals surface area (Å²) in [6.45, 7) is 0.889. The molecule has 0 aliphatic carbocycles. The number of hydrogen-bond donors (Lipinski definition) is 0. The molecule has 6 rings (SSSR count). The lowest BCUT2D eigenvalue weighted by molar-refractivity contribution is -0.143. The number of morpholine rings is 1. The molecule has 2 aromatic carbocycles. The van der Waals surface area contributed by atoms with E-state index in [0.717, 1.165) is 0 Å². The Morgan fingerprint density at radius 3 is 2.21 bits per heavy atom. The summed E-state index contributed by atoms with van der Waals surface area (Å²) in [5.74, 6) is 0.303. The minimum absolute atomic E-state index is 0.0809. The minimum atomic E-state index is -4.99. The van der Waals surface area contributed by atoms with Gasteiger partial charge in [-0.1, -0.05) is 40.2 Å². The Labute approximate surface area is 237 Å². The van der Waals surface area contributed by atoms with E-state index in [9.17, 15) is 26.3 Å². The van der Waals surface area contributed by atoms with E-state index in [1.807, 2.05) is 4.90 Å². The van der Waals surface area contributed by atoms with Crippen LogP contribution in [0.2, 0.25) is 5.02 Å². The molecule has 0 saturated carbocycles. The van der Waals surface area contributed by atoms with E-state index >= 15 is 0 Å². The highest BCUT2D eigenvalue weighted by atomic mass is 35.5. The van der Waals surface area contributed by atoms with Gasteiger partial charge in [-0.15, -0.1) is 10.2 Å². The molecular formula is C26H18ClF6N7O2. The Morgan fingerprint density at radius 2 is 1.55 bits per heavy atom. The molecule has 0 unspecified atom stereocenters. The maximum atomic E-state index is 13.5. The Bertz CT molecular complexity index is 1730. The van der Waals surface area contributed by atoms with Crippen LogP contribution in [0.15, 0.2) is 53.2 Å². The van der Waals surface area contributed by atoms with Crippen molar-refractivity contribution < 1.29 is 35.6 Å². The Morgan fingerprint density at radius 1 is 0.857 bits per heavy atom. The lowest BCUT2D eigenvalue weighted by atomic mass is 10.0. The van der Waals surface area contributed by atoms with Gasteiger partial charge >= 0.3 is 12.4 Å². The van der Waals surface area contributed by atoms with Crippen molar-refractivity contribution in [1.82, 2.24) is 30.3 Å². The van der Waals surface area contributed by atoms with E-state index in [1.54, 1.807) is 24.3 Å². The lowest BCUT2D eigenvalue weighted by Gasteiger charge is -2.29. The molecule has 16 heteroatoms. The third-order valence-corrected chi connectivity index (χ3v) is 6.97. The van der Waals surface area contributed by atoms with Gasteiger partial charge in [0.2, 0.25) is 0 Å². The first kappa shape index (κ1) is 27.9. The predicted octanol–water partition coefficient (Wildman–Crippen LogP) is 6.12. The van der Waals surface area contributed by atoms with Crippen molar-refractivity contribution in [2.45, 2.75) is 18.9 Å². The van der Waals surface area contributed by atoms with Crippen LogP contribution in [-0.2, 0) is 23.6 Å². The lowest BCUT2D eigenvalue weighted by Crippen LogP contribution is -2.38.